The molecule has 0 bridgehead atoms. The van der Waals surface area contributed by atoms with E-state index in [9.17, 15) is 0 Å². The number of aliphatic imine (C=N–C) groups is 1. The van der Waals surface area contributed by atoms with E-state index in [0.717, 1.165) is 24.7 Å². The van der Waals surface area contributed by atoms with Gasteiger partial charge in [0.1, 0.15) is 5.76 Å². The molecule has 2 unspecified atom stereocenters. The average molecular weight is 394 g/mol. The number of furan rings is 1. The number of nitrogens with one attached hydrogen (secondary N) is 2. The minimum absolute atomic E-state index is 0. The third kappa shape index (κ3) is 6.13. The van der Waals surface area contributed by atoms with E-state index < -0.39 is 0 Å². The molecule has 6 heteroatoms. The van der Waals surface area contributed by atoms with Gasteiger partial charge in [0.25, 0.3) is 0 Å². The SMILES string of the molecule is CCC(C)NC(=NC)NCC(c1ccco1)N(C)C.I. The Labute approximate surface area is 139 Å². The fraction of sp³-hybridized carbons (Fsp3) is 0.643. The van der Waals surface area contributed by atoms with Gasteiger partial charge in [0, 0.05) is 19.6 Å². The number of rotatable bonds is 6. The quantitative estimate of drug-likeness (QED) is 0.442. The number of nitrogens with zero attached hydrogens (tertiary/aromatic N) is 2. The minimum atomic E-state index is 0. The maximum Gasteiger partial charge on any atom is 0.191 e. The third-order valence-electron chi connectivity index (χ3n) is 3.18. The lowest BCUT2D eigenvalue weighted by Crippen LogP contribution is -2.44. The molecule has 0 amide bonds. The molecule has 0 aliphatic rings. The van der Waals surface area contributed by atoms with Crippen LogP contribution in [0.5, 0.6) is 0 Å². The minimum Gasteiger partial charge on any atom is -0.468 e. The van der Waals surface area contributed by atoms with Crippen molar-refractivity contribution in [2.75, 3.05) is 27.7 Å². The zero-order valence-electron chi connectivity index (χ0n) is 13.0. The fourth-order valence-corrected chi connectivity index (χ4v) is 1.74. The van der Waals surface area contributed by atoms with Gasteiger partial charge in [-0.3, -0.25) is 9.89 Å². The number of halogens is 1. The molecule has 0 aliphatic carbocycles. The lowest BCUT2D eigenvalue weighted by molar-refractivity contribution is 0.258. The number of guanidine groups is 1. The van der Waals surface area contributed by atoms with E-state index in [0.29, 0.717) is 6.04 Å². The Bertz CT molecular complexity index is 379. The summed E-state index contributed by atoms with van der Waals surface area (Å²) in [5.74, 6) is 1.78. The highest BCUT2D eigenvalue weighted by molar-refractivity contribution is 14.0. The van der Waals surface area contributed by atoms with E-state index in [1.54, 1.807) is 13.3 Å². The van der Waals surface area contributed by atoms with Crippen LogP contribution in [0.25, 0.3) is 0 Å². The summed E-state index contributed by atoms with van der Waals surface area (Å²) in [5, 5.41) is 6.69. The van der Waals surface area contributed by atoms with Gasteiger partial charge in [-0.25, -0.2) is 0 Å². The van der Waals surface area contributed by atoms with Crippen LogP contribution >= 0.6 is 24.0 Å². The first-order valence-electron chi connectivity index (χ1n) is 6.75. The molecule has 1 rings (SSSR count). The molecule has 0 saturated heterocycles. The molecule has 2 atom stereocenters. The van der Waals surface area contributed by atoms with Crippen LogP contribution in [0.15, 0.2) is 27.8 Å². The van der Waals surface area contributed by atoms with Gasteiger partial charge in [0.2, 0.25) is 0 Å². The lowest BCUT2D eigenvalue weighted by Gasteiger charge is -2.24. The van der Waals surface area contributed by atoms with Gasteiger partial charge < -0.3 is 15.1 Å². The van der Waals surface area contributed by atoms with E-state index in [1.165, 1.54) is 0 Å². The molecule has 0 spiro atoms. The standard InChI is InChI=1S/C14H26N4O.HI/c1-6-11(2)17-14(15-3)16-10-12(18(4)5)13-8-7-9-19-13;/h7-9,11-12H,6,10H2,1-5H3,(H2,15,16,17);1H. The Morgan fingerprint density at radius 1 is 1.45 bits per heavy atom. The van der Waals surface area contributed by atoms with Crippen molar-refractivity contribution < 1.29 is 4.42 Å². The second kappa shape index (κ2) is 10.0. The molecule has 116 valence electrons. The van der Waals surface area contributed by atoms with Gasteiger partial charge in [0.05, 0.1) is 12.3 Å². The highest BCUT2D eigenvalue weighted by atomic mass is 127. The molecule has 1 aromatic rings. The van der Waals surface area contributed by atoms with Gasteiger partial charge in [-0.1, -0.05) is 6.92 Å². The topological polar surface area (TPSA) is 52.8 Å². The maximum absolute atomic E-state index is 5.48. The normalized spacial score (nSPS) is 14.6. The molecular weight excluding hydrogens is 367 g/mol. The van der Waals surface area contributed by atoms with E-state index >= 15 is 0 Å². The van der Waals surface area contributed by atoms with Crippen molar-refractivity contribution in [1.82, 2.24) is 15.5 Å². The van der Waals surface area contributed by atoms with Crippen molar-refractivity contribution in [3.05, 3.63) is 24.2 Å². The molecule has 0 aromatic carbocycles. The van der Waals surface area contributed by atoms with Crippen LogP contribution in [0.3, 0.4) is 0 Å². The van der Waals surface area contributed by atoms with Crippen molar-refractivity contribution in [2.24, 2.45) is 4.99 Å². The maximum atomic E-state index is 5.48. The summed E-state index contributed by atoms with van der Waals surface area (Å²) >= 11 is 0. The second-order valence-electron chi connectivity index (χ2n) is 4.90. The van der Waals surface area contributed by atoms with Crippen LogP contribution in [0.1, 0.15) is 32.1 Å². The van der Waals surface area contributed by atoms with Gasteiger partial charge in [-0.15, -0.1) is 24.0 Å². The molecule has 0 fully saturated rings. The molecule has 5 nitrogen and oxygen atoms in total. The van der Waals surface area contributed by atoms with Crippen molar-refractivity contribution in [1.29, 1.82) is 0 Å². The molecule has 1 aromatic heterocycles. The van der Waals surface area contributed by atoms with Crippen molar-refractivity contribution in [3.8, 4) is 0 Å². The van der Waals surface area contributed by atoms with E-state index in [-0.39, 0.29) is 30.0 Å². The number of hydrogen-bond donors (Lipinski definition) is 2. The smallest absolute Gasteiger partial charge is 0.191 e. The zero-order chi connectivity index (χ0) is 14.3. The lowest BCUT2D eigenvalue weighted by atomic mass is 10.2. The fourth-order valence-electron chi connectivity index (χ4n) is 1.74. The molecule has 0 radical (unpaired) electrons. The molecule has 20 heavy (non-hydrogen) atoms. The highest BCUT2D eigenvalue weighted by Gasteiger charge is 2.17. The Morgan fingerprint density at radius 3 is 2.60 bits per heavy atom. The monoisotopic (exact) mass is 394 g/mol. The van der Waals surface area contributed by atoms with Gasteiger partial charge in [0.15, 0.2) is 5.96 Å². The Hall–Kier alpha value is -0.760. The first kappa shape index (κ1) is 19.2. The van der Waals surface area contributed by atoms with Crippen LogP contribution < -0.4 is 10.6 Å². The summed E-state index contributed by atoms with van der Waals surface area (Å²) in [6.07, 6.45) is 2.77. The molecular formula is C14H27IN4O. The van der Waals surface area contributed by atoms with Gasteiger partial charge in [-0.2, -0.15) is 0 Å². The third-order valence-corrected chi connectivity index (χ3v) is 3.18. The summed E-state index contributed by atoms with van der Waals surface area (Å²) in [6.45, 7) is 5.04. The van der Waals surface area contributed by atoms with E-state index in [4.69, 9.17) is 4.42 Å². The van der Waals surface area contributed by atoms with Gasteiger partial charge >= 0.3 is 0 Å². The Balaban J connectivity index is 0.00000361. The van der Waals surface area contributed by atoms with Gasteiger partial charge in [-0.05, 0) is 39.6 Å². The van der Waals surface area contributed by atoms with Crippen molar-refractivity contribution >= 4 is 29.9 Å². The predicted molar refractivity (Wildman–Crippen MR) is 94.8 cm³/mol. The van der Waals surface area contributed by atoms with Crippen LogP contribution in [0.2, 0.25) is 0 Å². The largest absolute Gasteiger partial charge is 0.468 e. The second-order valence-corrected chi connectivity index (χ2v) is 4.90. The average Bonchev–Trinajstić information content (AvgIpc) is 2.90. The molecule has 1 heterocycles. The van der Waals surface area contributed by atoms with Crippen LogP contribution in [-0.4, -0.2) is 44.6 Å². The van der Waals surface area contributed by atoms with Crippen LogP contribution in [0.4, 0.5) is 0 Å². The Morgan fingerprint density at radius 2 is 2.15 bits per heavy atom. The first-order valence-corrected chi connectivity index (χ1v) is 6.75. The molecule has 0 aliphatic heterocycles. The van der Waals surface area contributed by atoms with Crippen LogP contribution in [-0.2, 0) is 0 Å². The number of hydrogen-bond acceptors (Lipinski definition) is 3. The highest BCUT2D eigenvalue weighted by Crippen LogP contribution is 2.17. The molecule has 0 saturated carbocycles. The van der Waals surface area contributed by atoms with Crippen LogP contribution in [0, 0.1) is 0 Å². The number of likely N-dealkylation sites (N-methyl/N-ethyl adjacent to an activating group) is 1. The summed E-state index contributed by atoms with van der Waals surface area (Å²) < 4.78 is 5.48. The summed E-state index contributed by atoms with van der Waals surface area (Å²) in [6, 6.07) is 4.51. The van der Waals surface area contributed by atoms with E-state index in [2.05, 4.69) is 34.4 Å². The van der Waals surface area contributed by atoms with Crippen molar-refractivity contribution in [2.45, 2.75) is 32.4 Å². The zero-order valence-corrected chi connectivity index (χ0v) is 15.3. The molecule has 2 N–H and O–H groups in total. The summed E-state index contributed by atoms with van der Waals surface area (Å²) in [4.78, 5) is 6.36. The first-order chi connectivity index (χ1) is 9.08. The Kier molecular flexibility index (Phi) is 9.66. The predicted octanol–water partition coefficient (Wildman–Crippen LogP) is 2.46. The van der Waals surface area contributed by atoms with Crippen molar-refractivity contribution in [3.63, 3.8) is 0 Å². The van der Waals surface area contributed by atoms with E-state index in [1.807, 2.05) is 26.2 Å². The summed E-state index contributed by atoms with van der Waals surface area (Å²) in [7, 11) is 5.87. The summed E-state index contributed by atoms with van der Waals surface area (Å²) in [5.41, 5.74) is 0.